The van der Waals surface area contributed by atoms with E-state index in [1.165, 1.54) is 0 Å². The van der Waals surface area contributed by atoms with Crippen LogP contribution in [0.4, 0.5) is 0 Å². The summed E-state index contributed by atoms with van der Waals surface area (Å²) < 4.78 is 0. The highest BCUT2D eigenvalue weighted by Crippen LogP contribution is 1.99. The summed E-state index contributed by atoms with van der Waals surface area (Å²) in [6.07, 6.45) is 6.86. The van der Waals surface area contributed by atoms with Gasteiger partial charge in [-0.2, -0.15) is 0 Å². The van der Waals surface area contributed by atoms with Crippen molar-refractivity contribution in [3.63, 3.8) is 0 Å². The highest BCUT2D eigenvalue weighted by Gasteiger charge is 1.91. The summed E-state index contributed by atoms with van der Waals surface area (Å²) in [6.45, 7) is 6.06. The molecule has 1 radical (unpaired) electrons. The normalized spacial score (nSPS) is 9.18. The lowest BCUT2D eigenvalue weighted by molar-refractivity contribution is -0.117. The van der Waals surface area contributed by atoms with Crippen LogP contribution in [-0.4, -0.2) is 24.9 Å². The van der Waals surface area contributed by atoms with E-state index >= 15 is 0 Å². The third kappa shape index (κ3) is 7.10. The van der Waals surface area contributed by atoms with Crippen LogP contribution in [0.1, 0.15) is 25.7 Å². The molecule has 0 aromatic carbocycles. The molecule has 0 aliphatic rings. The Labute approximate surface area is 68.9 Å². The minimum Gasteiger partial charge on any atom is -0.348 e. The molecule has 0 unspecified atom stereocenters. The second kappa shape index (κ2) is 7.32. The van der Waals surface area contributed by atoms with E-state index < -0.39 is 0 Å². The number of hydrogen-bond acceptors (Lipinski definition) is 1. The molecule has 0 aliphatic heterocycles. The Balaban J connectivity index is 3.01. The van der Waals surface area contributed by atoms with E-state index in [4.69, 9.17) is 6.58 Å². The van der Waals surface area contributed by atoms with Crippen LogP contribution in [0.3, 0.4) is 0 Å². The molecule has 63 valence electrons. The number of allylic oxidation sites excluding steroid dienone is 1. The zero-order valence-corrected chi connectivity index (χ0v) is 7.12. The smallest absolute Gasteiger partial charge is 0.209 e. The molecular formula is C9H16NO. The number of amides is 1. The van der Waals surface area contributed by atoms with Gasteiger partial charge in [-0.05, 0) is 19.3 Å². The Kier molecular flexibility index (Phi) is 6.79. The van der Waals surface area contributed by atoms with E-state index in [9.17, 15) is 4.79 Å². The van der Waals surface area contributed by atoms with Crippen molar-refractivity contribution in [1.82, 2.24) is 4.90 Å². The first-order valence-electron chi connectivity index (χ1n) is 4.00. The Morgan fingerprint density at radius 3 is 2.64 bits per heavy atom. The molecule has 0 heterocycles. The van der Waals surface area contributed by atoms with E-state index in [2.05, 4.69) is 0 Å². The molecule has 0 saturated heterocycles. The zero-order chi connectivity index (χ0) is 8.53. The maximum Gasteiger partial charge on any atom is 0.209 e. The summed E-state index contributed by atoms with van der Waals surface area (Å²) in [5.74, 6) is 0. The molecular weight excluding hydrogens is 138 g/mol. The molecule has 0 rings (SSSR count). The first kappa shape index (κ1) is 10.2. The van der Waals surface area contributed by atoms with Crippen LogP contribution in [-0.2, 0) is 4.79 Å². The third-order valence-electron chi connectivity index (χ3n) is 1.56. The molecule has 1 amide bonds. The standard InChI is InChI=1S/C9H16NO/c1-3-4-5-6-7-8-10(2)9-11/h1,3,9H,4-8H2,2H3. The topological polar surface area (TPSA) is 20.3 Å². The number of unbranched alkanes of at least 4 members (excludes halogenated alkanes) is 3. The molecule has 0 atom stereocenters. The number of nitrogens with zero attached hydrogens (tertiary/aromatic N) is 1. The molecule has 0 aromatic heterocycles. The third-order valence-corrected chi connectivity index (χ3v) is 1.56. The minimum atomic E-state index is 0.855. The molecule has 2 heteroatoms. The first-order chi connectivity index (χ1) is 5.31. The molecule has 0 N–H and O–H groups in total. The van der Waals surface area contributed by atoms with Gasteiger partial charge in [0, 0.05) is 13.6 Å². The monoisotopic (exact) mass is 154 g/mol. The lowest BCUT2D eigenvalue weighted by atomic mass is 10.2. The summed E-state index contributed by atoms with van der Waals surface area (Å²) in [5, 5.41) is 0. The molecule has 2 nitrogen and oxygen atoms in total. The number of carbonyl (C=O) groups excluding carboxylic acids is 1. The molecule has 0 fully saturated rings. The van der Waals surface area contributed by atoms with Gasteiger partial charge in [0.05, 0.1) is 0 Å². The Hall–Kier alpha value is -0.790. The summed E-state index contributed by atoms with van der Waals surface area (Å²) >= 11 is 0. The van der Waals surface area contributed by atoms with Gasteiger partial charge in [-0.1, -0.05) is 19.1 Å². The first-order valence-corrected chi connectivity index (χ1v) is 4.00. The fraction of sp³-hybridized carbons (Fsp3) is 0.667. The lowest BCUT2D eigenvalue weighted by Crippen LogP contribution is -2.16. The van der Waals surface area contributed by atoms with Gasteiger partial charge in [0.15, 0.2) is 0 Å². The highest BCUT2D eigenvalue weighted by molar-refractivity contribution is 5.46. The molecule has 0 bridgehead atoms. The summed E-state index contributed by atoms with van der Waals surface area (Å²) in [5.41, 5.74) is 0. The summed E-state index contributed by atoms with van der Waals surface area (Å²) in [6, 6.07) is 0. The molecule has 0 saturated carbocycles. The van der Waals surface area contributed by atoms with Gasteiger partial charge in [0.1, 0.15) is 0 Å². The van der Waals surface area contributed by atoms with Gasteiger partial charge in [0.25, 0.3) is 0 Å². The minimum absolute atomic E-state index is 0.855. The Morgan fingerprint density at radius 1 is 1.36 bits per heavy atom. The predicted octanol–water partition coefficient (Wildman–Crippen LogP) is 1.62. The van der Waals surface area contributed by atoms with Crippen LogP contribution in [0.25, 0.3) is 0 Å². The van der Waals surface area contributed by atoms with Crippen molar-refractivity contribution in [2.24, 2.45) is 0 Å². The fourth-order valence-corrected chi connectivity index (χ4v) is 0.853. The van der Waals surface area contributed by atoms with Crippen LogP contribution in [0.2, 0.25) is 0 Å². The van der Waals surface area contributed by atoms with Crippen molar-refractivity contribution in [1.29, 1.82) is 0 Å². The van der Waals surface area contributed by atoms with Crippen molar-refractivity contribution in [2.75, 3.05) is 13.6 Å². The van der Waals surface area contributed by atoms with Crippen molar-refractivity contribution in [2.45, 2.75) is 25.7 Å². The van der Waals surface area contributed by atoms with E-state index in [1.807, 2.05) is 0 Å². The zero-order valence-electron chi connectivity index (χ0n) is 7.12. The van der Waals surface area contributed by atoms with Crippen LogP contribution in [0.15, 0.2) is 6.08 Å². The largest absolute Gasteiger partial charge is 0.348 e. The van der Waals surface area contributed by atoms with Gasteiger partial charge >= 0.3 is 0 Å². The van der Waals surface area contributed by atoms with Crippen molar-refractivity contribution in [3.8, 4) is 0 Å². The van der Waals surface area contributed by atoms with E-state index in [0.717, 1.165) is 38.6 Å². The van der Waals surface area contributed by atoms with Crippen LogP contribution >= 0.6 is 0 Å². The number of hydrogen-bond donors (Lipinski definition) is 0. The van der Waals surface area contributed by atoms with E-state index in [0.29, 0.717) is 0 Å². The van der Waals surface area contributed by atoms with E-state index in [-0.39, 0.29) is 0 Å². The molecule has 0 aliphatic carbocycles. The average Bonchev–Trinajstić information content (AvgIpc) is 2.04. The van der Waals surface area contributed by atoms with Crippen LogP contribution in [0, 0.1) is 6.58 Å². The maximum atomic E-state index is 10.1. The summed E-state index contributed by atoms with van der Waals surface area (Å²) in [4.78, 5) is 11.8. The van der Waals surface area contributed by atoms with E-state index in [1.54, 1.807) is 18.0 Å². The average molecular weight is 154 g/mol. The Morgan fingerprint density at radius 2 is 2.09 bits per heavy atom. The van der Waals surface area contributed by atoms with Crippen molar-refractivity contribution in [3.05, 3.63) is 12.7 Å². The van der Waals surface area contributed by atoms with Gasteiger partial charge in [-0.15, -0.1) is 0 Å². The van der Waals surface area contributed by atoms with Crippen molar-refractivity contribution >= 4 is 6.41 Å². The van der Waals surface area contributed by atoms with Crippen LogP contribution in [0.5, 0.6) is 0 Å². The lowest BCUT2D eigenvalue weighted by Gasteiger charge is -2.08. The molecule has 11 heavy (non-hydrogen) atoms. The van der Waals surface area contributed by atoms with Gasteiger partial charge < -0.3 is 4.90 Å². The molecule has 0 aromatic rings. The summed E-state index contributed by atoms with van der Waals surface area (Å²) in [7, 11) is 1.79. The maximum absolute atomic E-state index is 10.1. The fourth-order valence-electron chi connectivity index (χ4n) is 0.853. The second-order valence-electron chi connectivity index (χ2n) is 2.67. The van der Waals surface area contributed by atoms with Gasteiger partial charge in [0.2, 0.25) is 6.41 Å². The van der Waals surface area contributed by atoms with Gasteiger partial charge in [-0.3, -0.25) is 4.79 Å². The van der Waals surface area contributed by atoms with Crippen molar-refractivity contribution < 1.29 is 4.79 Å². The SMILES string of the molecule is [CH]=CCCCCCN(C)C=O. The molecule has 0 spiro atoms. The predicted molar refractivity (Wildman–Crippen MR) is 46.0 cm³/mol. The quantitative estimate of drug-likeness (QED) is 0.403. The number of carbonyl (C=O) groups is 1. The highest BCUT2D eigenvalue weighted by atomic mass is 16.1. The van der Waals surface area contributed by atoms with Crippen LogP contribution < -0.4 is 0 Å². The Bertz CT molecular complexity index is 112. The van der Waals surface area contributed by atoms with Gasteiger partial charge in [-0.25, -0.2) is 0 Å². The number of rotatable bonds is 7. The second-order valence-corrected chi connectivity index (χ2v) is 2.67.